The highest BCUT2D eigenvalue weighted by atomic mass is 16.6. The average Bonchev–Trinajstić information content (AvgIpc) is 2.83. The fourth-order valence-electron chi connectivity index (χ4n) is 3.04. The van der Waals surface area contributed by atoms with Gasteiger partial charge in [-0.2, -0.15) is 0 Å². The van der Waals surface area contributed by atoms with Crippen LogP contribution in [0.5, 0.6) is 23.0 Å². The van der Waals surface area contributed by atoms with Gasteiger partial charge < -0.3 is 28.6 Å². The van der Waals surface area contributed by atoms with E-state index in [2.05, 4.69) is 0 Å². The van der Waals surface area contributed by atoms with Gasteiger partial charge in [0.05, 0.1) is 40.1 Å². The van der Waals surface area contributed by atoms with Crippen LogP contribution in [0.4, 0.5) is 4.79 Å². The van der Waals surface area contributed by atoms with Crippen LogP contribution in [0.2, 0.25) is 0 Å². The van der Waals surface area contributed by atoms with E-state index in [9.17, 15) is 9.59 Å². The molecular weight excluding hydrogens is 402 g/mol. The highest BCUT2D eigenvalue weighted by molar-refractivity contribution is 6.08. The Morgan fingerprint density at radius 3 is 2.32 bits per heavy atom. The molecule has 3 rings (SSSR count). The Hall–Kier alpha value is -3.52. The summed E-state index contributed by atoms with van der Waals surface area (Å²) in [6.45, 7) is 1.95. The van der Waals surface area contributed by atoms with Crippen LogP contribution in [-0.2, 0) is 4.74 Å². The van der Waals surface area contributed by atoms with Gasteiger partial charge in [0.25, 0.3) is 0 Å². The Bertz CT molecular complexity index is 964. The zero-order chi connectivity index (χ0) is 22.2. The van der Waals surface area contributed by atoms with Crippen LogP contribution in [0.25, 0.3) is 6.08 Å². The van der Waals surface area contributed by atoms with E-state index < -0.39 is 6.09 Å². The largest absolute Gasteiger partial charge is 0.497 e. The van der Waals surface area contributed by atoms with Crippen LogP contribution in [0.3, 0.4) is 0 Å². The summed E-state index contributed by atoms with van der Waals surface area (Å²) in [4.78, 5) is 26.5. The Balaban J connectivity index is 1.72. The molecule has 1 fully saturated rings. The van der Waals surface area contributed by atoms with Gasteiger partial charge in [-0.25, -0.2) is 4.79 Å². The number of ether oxygens (including phenoxy) is 5. The summed E-state index contributed by atoms with van der Waals surface area (Å²) in [7, 11) is 4.53. The molecule has 0 bridgehead atoms. The molecule has 2 aromatic rings. The molecule has 1 aliphatic heterocycles. The SMILES string of the molecule is COc1ccc(C(=O)C=Cc2ccc(OC(=O)N3CCOCC3)c(OC)c2)c(OC)c1. The van der Waals surface area contributed by atoms with E-state index in [-0.39, 0.29) is 5.78 Å². The van der Waals surface area contributed by atoms with Gasteiger partial charge in [0.2, 0.25) is 0 Å². The molecule has 1 saturated heterocycles. The molecule has 0 spiro atoms. The second kappa shape index (κ2) is 10.5. The van der Waals surface area contributed by atoms with Crippen molar-refractivity contribution in [3.8, 4) is 23.0 Å². The third-order valence-electron chi connectivity index (χ3n) is 4.76. The molecule has 8 nitrogen and oxygen atoms in total. The number of morpholine rings is 1. The first-order valence-electron chi connectivity index (χ1n) is 9.72. The van der Waals surface area contributed by atoms with Gasteiger partial charge in [0.1, 0.15) is 11.5 Å². The maximum Gasteiger partial charge on any atom is 0.415 e. The van der Waals surface area contributed by atoms with Gasteiger partial charge >= 0.3 is 6.09 Å². The maximum absolute atomic E-state index is 12.6. The van der Waals surface area contributed by atoms with Gasteiger partial charge in [0, 0.05) is 19.2 Å². The average molecular weight is 427 g/mol. The molecule has 0 atom stereocenters. The fraction of sp³-hybridized carbons (Fsp3) is 0.304. The number of hydrogen-bond acceptors (Lipinski definition) is 7. The van der Waals surface area contributed by atoms with Crippen molar-refractivity contribution in [3.63, 3.8) is 0 Å². The Morgan fingerprint density at radius 2 is 1.65 bits per heavy atom. The topological polar surface area (TPSA) is 83.5 Å². The van der Waals surface area contributed by atoms with Gasteiger partial charge in [-0.3, -0.25) is 4.79 Å². The lowest BCUT2D eigenvalue weighted by Gasteiger charge is -2.26. The molecule has 0 unspecified atom stereocenters. The summed E-state index contributed by atoms with van der Waals surface area (Å²) in [6.07, 6.45) is 2.65. The Kier molecular flexibility index (Phi) is 7.50. The van der Waals surface area contributed by atoms with Crippen LogP contribution in [0, 0.1) is 0 Å². The van der Waals surface area contributed by atoms with Crippen LogP contribution in [0.1, 0.15) is 15.9 Å². The van der Waals surface area contributed by atoms with E-state index in [4.69, 9.17) is 23.7 Å². The van der Waals surface area contributed by atoms with Gasteiger partial charge in [-0.15, -0.1) is 0 Å². The molecule has 0 aromatic heterocycles. The zero-order valence-electron chi connectivity index (χ0n) is 17.8. The number of benzene rings is 2. The molecule has 31 heavy (non-hydrogen) atoms. The van der Waals surface area contributed by atoms with Crippen molar-refractivity contribution in [2.45, 2.75) is 0 Å². The lowest BCUT2D eigenvalue weighted by molar-refractivity contribution is 0.0413. The van der Waals surface area contributed by atoms with Crippen molar-refractivity contribution in [3.05, 3.63) is 53.6 Å². The molecule has 164 valence electrons. The molecule has 2 aromatic carbocycles. The van der Waals surface area contributed by atoms with Gasteiger partial charge in [-0.1, -0.05) is 12.1 Å². The molecule has 1 heterocycles. The summed E-state index contributed by atoms with van der Waals surface area (Å²) < 4.78 is 26.5. The smallest absolute Gasteiger partial charge is 0.415 e. The number of carbonyl (C=O) groups is 2. The minimum absolute atomic E-state index is 0.221. The number of amides is 1. The third-order valence-corrected chi connectivity index (χ3v) is 4.76. The van der Waals surface area contributed by atoms with Crippen molar-refractivity contribution in [2.75, 3.05) is 47.6 Å². The predicted molar refractivity (Wildman–Crippen MR) is 114 cm³/mol. The first kappa shape index (κ1) is 22.2. The second-order valence-electron chi connectivity index (χ2n) is 6.64. The number of rotatable bonds is 7. The zero-order valence-corrected chi connectivity index (χ0v) is 17.8. The number of allylic oxidation sites excluding steroid dienone is 1. The van der Waals surface area contributed by atoms with Crippen LogP contribution in [0.15, 0.2) is 42.5 Å². The molecule has 0 N–H and O–H groups in total. The number of methoxy groups -OCH3 is 3. The lowest BCUT2D eigenvalue weighted by atomic mass is 10.1. The van der Waals surface area contributed by atoms with E-state index >= 15 is 0 Å². The van der Waals surface area contributed by atoms with E-state index in [1.165, 1.54) is 20.3 Å². The van der Waals surface area contributed by atoms with Crippen molar-refractivity contribution >= 4 is 18.0 Å². The highest BCUT2D eigenvalue weighted by Crippen LogP contribution is 2.30. The minimum Gasteiger partial charge on any atom is -0.497 e. The normalized spacial score (nSPS) is 13.7. The van der Waals surface area contributed by atoms with E-state index in [1.807, 2.05) is 0 Å². The van der Waals surface area contributed by atoms with Crippen LogP contribution >= 0.6 is 0 Å². The number of hydrogen-bond donors (Lipinski definition) is 0. The number of nitrogens with zero attached hydrogens (tertiary/aromatic N) is 1. The van der Waals surface area contributed by atoms with E-state index in [1.54, 1.807) is 54.5 Å². The Morgan fingerprint density at radius 1 is 0.903 bits per heavy atom. The lowest BCUT2D eigenvalue weighted by Crippen LogP contribution is -2.42. The summed E-state index contributed by atoms with van der Waals surface area (Å²) in [5.41, 5.74) is 1.13. The predicted octanol–water partition coefficient (Wildman–Crippen LogP) is 3.44. The second-order valence-corrected chi connectivity index (χ2v) is 6.64. The summed E-state index contributed by atoms with van der Waals surface area (Å²) in [6, 6.07) is 10.1. The molecule has 0 aliphatic carbocycles. The summed E-state index contributed by atoms with van der Waals surface area (Å²) in [5.74, 6) is 1.50. The van der Waals surface area contributed by atoms with E-state index in [0.717, 1.165) is 0 Å². The molecule has 0 saturated carbocycles. The standard InChI is InChI=1S/C23H25NO7/c1-27-17-6-7-18(21(15-17)28-2)19(25)8-4-16-5-9-20(22(14-16)29-3)31-23(26)24-10-12-30-13-11-24/h4-9,14-15H,10-13H2,1-3H3. The minimum atomic E-state index is -0.452. The van der Waals surface area contributed by atoms with Gasteiger partial charge in [0.15, 0.2) is 17.3 Å². The monoisotopic (exact) mass is 427 g/mol. The molecule has 8 heteroatoms. The van der Waals surface area contributed by atoms with E-state index in [0.29, 0.717) is 60.4 Å². The molecule has 1 amide bonds. The number of carbonyl (C=O) groups excluding carboxylic acids is 2. The van der Waals surface area contributed by atoms with Crippen molar-refractivity contribution in [1.29, 1.82) is 0 Å². The van der Waals surface area contributed by atoms with Gasteiger partial charge in [-0.05, 0) is 35.9 Å². The first-order valence-corrected chi connectivity index (χ1v) is 9.72. The summed E-state index contributed by atoms with van der Waals surface area (Å²) >= 11 is 0. The first-order chi connectivity index (χ1) is 15.0. The molecule has 0 radical (unpaired) electrons. The third kappa shape index (κ3) is 5.55. The van der Waals surface area contributed by atoms with Crippen molar-refractivity contribution < 1.29 is 33.3 Å². The number of ketones is 1. The van der Waals surface area contributed by atoms with Crippen LogP contribution in [-0.4, -0.2) is 64.4 Å². The molecule has 1 aliphatic rings. The fourth-order valence-corrected chi connectivity index (χ4v) is 3.04. The summed E-state index contributed by atoms with van der Waals surface area (Å²) in [5, 5.41) is 0. The van der Waals surface area contributed by atoms with Crippen molar-refractivity contribution in [2.24, 2.45) is 0 Å². The van der Waals surface area contributed by atoms with Crippen LogP contribution < -0.4 is 18.9 Å². The van der Waals surface area contributed by atoms with Crippen molar-refractivity contribution in [1.82, 2.24) is 4.90 Å². The maximum atomic E-state index is 12.6. The highest BCUT2D eigenvalue weighted by Gasteiger charge is 2.20. The Labute approximate surface area is 180 Å². The quantitative estimate of drug-likeness (QED) is 0.494. The molecular formula is C23H25NO7.